The molecule has 0 atom stereocenters. The fraction of sp³-hybridized carbons (Fsp3) is 0.400. The van der Waals surface area contributed by atoms with Gasteiger partial charge in [-0.3, -0.25) is 9.97 Å². The maximum Gasteiger partial charge on any atom is 0.343 e. The fourth-order valence-corrected chi connectivity index (χ4v) is 5.08. The van der Waals surface area contributed by atoms with Crippen LogP contribution in [0.25, 0.3) is 11.4 Å². The van der Waals surface area contributed by atoms with E-state index in [1.807, 2.05) is 0 Å². The van der Waals surface area contributed by atoms with Gasteiger partial charge in [-0.05, 0) is 85.6 Å². The molecule has 48 heavy (non-hydrogen) atoms. The second-order valence-corrected chi connectivity index (χ2v) is 11.8. The van der Waals surface area contributed by atoms with Gasteiger partial charge < -0.3 is 18.9 Å². The SMILES string of the molecule is CCCCCCCCOc1ccc(OC(=O)c2ccnc(-c3cc(C(=O)Oc4ccc(OCCCCCCCC)cc4)ccn3)c2)cc1. The molecule has 0 fully saturated rings. The Labute approximate surface area is 284 Å². The number of aromatic nitrogens is 2. The maximum absolute atomic E-state index is 12.9. The molecule has 2 aromatic carbocycles. The number of carbonyl (C=O) groups excluding carboxylic acids is 2. The van der Waals surface area contributed by atoms with Crippen molar-refractivity contribution in [3.8, 4) is 34.4 Å². The lowest BCUT2D eigenvalue weighted by molar-refractivity contribution is 0.0724. The van der Waals surface area contributed by atoms with Crippen molar-refractivity contribution in [2.75, 3.05) is 13.2 Å². The van der Waals surface area contributed by atoms with Crippen molar-refractivity contribution in [2.45, 2.75) is 90.9 Å². The zero-order valence-electron chi connectivity index (χ0n) is 28.3. The molecule has 0 aliphatic heterocycles. The Balaban J connectivity index is 1.26. The second kappa shape index (κ2) is 20.5. The molecule has 0 aliphatic rings. The number of benzene rings is 2. The molecule has 0 saturated carbocycles. The molecule has 0 spiro atoms. The molecule has 4 rings (SSSR count). The van der Waals surface area contributed by atoms with Crippen LogP contribution in [0.5, 0.6) is 23.0 Å². The van der Waals surface area contributed by atoms with Crippen LogP contribution in [0.15, 0.2) is 85.2 Å². The van der Waals surface area contributed by atoms with Crippen LogP contribution in [0.3, 0.4) is 0 Å². The van der Waals surface area contributed by atoms with Crippen molar-refractivity contribution in [1.29, 1.82) is 0 Å². The molecule has 8 heteroatoms. The van der Waals surface area contributed by atoms with E-state index in [0.29, 0.717) is 47.2 Å². The predicted octanol–water partition coefficient (Wildman–Crippen LogP) is 10.1. The predicted molar refractivity (Wildman–Crippen MR) is 188 cm³/mol. The molecule has 0 aliphatic carbocycles. The molecular weight excluding hydrogens is 604 g/mol. The standard InChI is InChI=1S/C40H48N2O6/c1-3-5-7-9-11-13-27-45-33-15-19-35(20-16-33)47-39(43)31-23-25-41-37(29-31)38-30-32(24-26-42-38)40(44)48-36-21-17-34(18-22-36)46-28-14-12-10-8-6-4-2/h15-26,29-30H,3-14,27-28H2,1-2H3. The average Bonchev–Trinajstić information content (AvgIpc) is 3.12. The highest BCUT2D eigenvalue weighted by Gasteiger charge is 2.15. The molecule has 254 valence electrons. The lowest BCUT2D eigenvalue weighted by Gasteiger charge is -2.09. The number of pyridine rings is 2. The highest BCUT2D eigenvalue weighted by atomic mass is 16.5. The molecule has 0 unspecified atom stereocenters. The smallest absolute Gasteiger partial charge is 0.343 e. The molecule has 2 aromatic heterocycles. The van der Waals surface area contributed by atoms with Crippen LogP contribution in [0, 0.1) is 0 Å². The Kier molecular flexibility index (Phi) is 15.4. The monoisotopic (exact) mass is 652 g/mol. The van der Waals surface area contributed by atoms with Gasteiger partial charge in [0.25, 0.3) is 0 Å². The van der Waals surface area contributed by atoms with Crippen molar-refractivity contribution < 1.29 is 28.5 Å². The zero-order valence-corrected chi connectivity index (χ0v) is 28.3. The van der Waals surface area contributed by atoms with Crippen molar-refractivity contribution in [1.82, 2.24) is 9.97 Å². The van der Waals surface area contributed by atoms with E-state index in [1.54, 1.807) is 72.8 Å². The topological polar surface area (TPSA) is 96.8 Å². The average molecular weight is 653 g/mol. The fourth-order valence-electron chi connectivity index (χ4n) is 5.08. The van der Waals surface area contributed by atoms with Gasteiger partial charge >= 0.3 is 11.9 Å². The first kappa shape index (κ1) is 36.1. The van der Waals surface area contributed by atoms with Gasteiger partial charge in [-0.25, -0.2) is 9.59 Å². The van der Waals surface area contributed by atoms with E-state index in [-0.39, 0.29) is 0 Å². The highest BCUT2D eigenvalue weighted by Crippen LogP contribution is 2.23. The van der Waals surface area contributed by atoms with Crippen LogP contribution in [0.4, 0.5) is 0 Å². The lowest BCUT2D eigenvalue weighted by Crippen LogP contribution is -2.10. The summed E-state index contributed by atoms with van der Waals surface area (Å²) in [6.45, 7) is 5.76. The normalized spacial score (nSPS) is 10.8. The number of carbonyl (C=O) groups is 2. The molecular formula is C40H48N2O6. The Morgan fingerprint density at radius 2 is 0.833 bits per heavy atom. The number of hydrogen-bond donors (Lipinski definition) is 0. The van der Waals surface area contributed by atoms with Gasteiger partial charge in [0.05, 0.1) is 35.7 Å². The first-order valence-electron chi connectivity index (χ1n) is 17.4. The molecule has 0 radical (unpaired) electrons. The third kappa shape index (κ3) is 12.5. The number of nitrogens with zero attached hydrogens (tertiary/aromatic N) is 2. The molecule has 0 bridgehead atoms. The van der Waals surface area contributed by atoms with Crippen molar-refractivity contribution in [2.24, 2.45) is 0 Å². The van der Waals surface area contributed by atoms with Gasteiger partial charge in [0, 0.05) is 12.4 Å². The van der Waals surface area contributed by atoms with Crippen LogP contribution in [0.2, 0.25) is 0 Å². The van der Waals surface area contributed by atoms with Crippen LogP contribution < -0.4 is 18.9 Å². The van der Waals surface area contributed by atoms with Crippen LogP contribution >= 0.6 is 0 Å². The van der Waals surface area contributed by atoms with E-state index in [0.717, 1.165) is 37.2 Å². The summed E-state index contributed by atoms with van der Waals surface area (Å²) >= 11 is 0. The third-order valence-corrected chi connectivity index (χ3v) is 7.86. The van der Waals surface area contributed by atoms with Crippen LogP contribution in [-0.2, 0) is 0 Å². The number of unbranched alkanes of at least 4 members (excludes halogenated alkanes) is 10. The van der Waals surface area contributed by atoms with Gasteiger partial charge in [-0.1, -0.05) is 78.1 Å². The Morgan fingerprint density at radius 3 is 1.23 bits per heavy atom. The Bertz CT molecular complexity index is 1420. The maximum atomic E-state index is 12.9. The summed E-state index contributed by atoms with van der Waals surface area (Å²) in [6, 6.07) is 20.4. The summed E-state index contributed by atoms with van der Waals surface area (Å²) in [4.78, 5) is 34.6. The van der Waals surface area contributed by atoms with E-state index in [2.05, 4.69) is 23.8 Å². The van der Waals surface area contributed by atoms with Crippen molar-refractivity contribution in [3.63, 3.8) is 0 Å². The molecule has 0 N–H and O–H groups in total. The van der Waals surface area contributed by atoms with E-state index < -0.39 is 11.9 Å². The number of ether oxygens (including phenoxy) is 4. The summed E-state index contributed by atoms with van der Waals surface area (Å²) in [5, 5.41) is 0. The minimum absolute atomic E-state index is 0.303. The van der Waals surface area contributed by atoms with E-state index in [9.17, 15) is 9.59 Å². The minimum atomic E-state index is -0.533. The summed E-state index contributed by atoms with van der Waals surface area (Å²) in [5.41, 5.74) is 1.45. The van der Waals surface area contributed by atoms with Gasteiger partial charge in [0.1, 0.15) is 23.0 Å². The quantitative estimate of drug-likeness (QED) is 0.0498. The van der Waals surface area contributed by atoms with E-state index in [4.69, 9.17) is 18.9 Å². The lowest BCUT2D eigenvalue weighted by atomic mass is 10.1. The Hall–Kier alpha value is -4.72. The third-order valence-electron chi connectivity index (χ3n) is 7.86. The molecule has 2 heterocycles. The van der Waals surface area contributed by atoms with E-state index in [1.165, 1.54) is 63.8 Å². The largest absolute Gasteiger partial charge is 0.494 e. The van der Waals surface area contributed by atoms with Gasteiger partial charge in [0.2, 0.25) is 0 Å². The van der Waals surface area contributed by atoms with Gasteiger partial charge in [-0.2, -0.15) is 0 Å². The highest BCUT2D eigenvalue weighted by molar-refractivity contribution is 5.93. The van der Waals surface area contributed by atoms with Crippen LogP contribution in [0.1, 0.15) is 112 Å². The number of hydrogen-bond acceptors (Lipinski definition) is 8. The van der Waals surface area contributed by atoms with Crippen molar-refractivity contribution in [3.05, 3.63) is 96.3 Å². The first-order chi connectivity index (χ1) is 23.6. The summed E-state index contributed by atoms with van der Waals surface area (Å²) in [7, 11) is 0. The zero-order chi connectivity index (χ0) is 33.8. The molecule has 0 saturated heterocycles. The number of rotatable bonds is 21. The van der Waals surface area contributed by atoms with Crippen molar-refractivity contribution >= 4 is 11.9 Å². The molecule has 4 aromatic rings. The Morgan fingerprint density at radius 1 is 0.479 bits per heavy atom. The second-order valence-electron chi connectivity index (χ2n) is 11.8. The molecule has 8 nitrogen and oxygen atoms in total. The van der Waals surface area contributed by atoms with E-state index >= 15 is 0 Å². The number of esters is 2. The van der Waals surface area contributed by atoms with Gasteiger partial charge in [0.15, 0.2) is 0 Å². The first-order valence-corrected chi connectivity index (χ1v) is 17.4. The summed E-state index contributed by atoms with van der Waals surface area (Å²) in [6.07, 6.45) is 17.5. The van der Waals surface area contributed by atoms with Gasteiger partial charge in [-0.15, -0.1) is 0 Å². The van der Waals surface area contributed by atoms with Crippen LogP contribution in [-0.4, -0.2) is 35.1 Å². The molecule has 0 amide bonds. The summed E-state index contributed by atoms with van der Waals surface area (Å²) < 4.78 is 22.8. The minimum Gasteiger partial charge on any atom is -0.494 e. The summed E-state index contributed by atoms with van der Waals surface area (Å²) in [5.74, 6) is 1.23.